The molecule has 1 aromatic heterocycles. The summed E-state index contributed by atoms with van der Waals surface area (Å²) in [6.07, 6.45) is 2.37. The molecule has 2 unspecified atom stereocenters. The van der Waals surface area contributed by atoms with Gasteiger partial charge in [0, 0.05) is 5.38 Å². The molecular formula is C10H19N3S. The van der Waals surface area contributed by atoms with Crippen molar-refractivity contribution in [2.75, 3.05) is 6.54 Å². The van der Waals surface area contributed by atoms with Crippen molar-refractivity contribution in [3.05, 3.63) is 11.1 Å². The molecule has 0 aromatic carbocycles. The second kappa shape index (κ2) is 6.09. The summed E-state index contributed by atoms with van der Waals surface area (Å²) in [5.74, 6) is 0.737. The molecule has 4 heteroatoms. The minimum Gasteiger partial charge on any atom is -0.309 e. The lowest BCUT2D eigenvalue weighted by Crippen LogP contribution is -2.23. The first-order chi connectivity index (χ1) is 6.77. The molecule has 0 fully saturated rings. The Morgan fingerprint density at radius 3 is 2.79 bits per heavy atom. The normalized spacial score (nSPS) is 15.4. The van der Waals surface area contributed by atoms with Gasteiger partial charge in [0.25, 0.3) is 0 Å². The lowest BCUT2D eigenvalue weighted by Gasteiger charge is -2.18. The van der Waals surface area contributed by atoms with E-state index in [-0.39, 0.29) is 0 Å². The first-order valence-corrected chi connectivity index (χ1v) is 6.11. The van der Waals surface area contributed by atoms with Gasteiger partial charge in [-0.05, 0) is 30.4 Å². The predicted octanol–water partition coefficient (Wildman–Crippen LogP) is 2.62. The molecule has 0 saturated carbocycles. The SMILES string of the molecule is CCNC(CC(C)CC)c1csnn1. The summed E-state index contributed by atoms with van der Waals surface area (Å²) in [4.78, 5) is 0. The number of nitrogens with zero attached hydrogens (tertiary/aromatic N) is 2. The second-order valence-corrected chi connectivity index (χ2v) is 4.30. The fourth-order valence-corrected chi connectivity index (χ4v) is 1.96. The van der Waals surface area contributed by atoms with Crippen LogP contribution in [0.25, 0.3) is 0 Å². The molecule has 0 radical (unpaired) electrons. The van der Waals surface area contributed by atoms with E-state index in [0.29, 0.717) is 6.04 Å². The quantitative estimate of drug-likeness (QED) is 0.789. The van der Waals surface area contributed by atoms with Crippen molar-refractivity contribution < 1.29 is 0 Å². The van der Waals surface area contributed by atoms with Crippen LogP contribution >= 0.6 is 11.5 Å². The van der Waals surface area contributed by atoms with E-state index in [9.17, 15) is 0 Å². The summed E-state index contributed by atoms with van der Waals surface area (Å²) < 4.78 is 3.91. The Morgan fingerprint density at radius 2 is 2.29 bits per heavy atom. The van der Waals surface area contributed by atoms with Crippen LogP contribution in [0.1, 0.15) is 45.3 Å². The molecule has 0 spiro atoms. The minimum atomic E-state index is 0.383. The Labute approximate surface area is 90.1 Å². The molecule has 0 amide bonds. The maximum atomic E-state index is 4.13. The number of aromatic nitrogens is 2. The van der Waals surface area contributed by atoms with Gasteiger partial charge in [-0.3, -0.25) is 0 Å². The highest BCUT2D eigenvalue weighted by atomic mass is 32.1. The summed E-state index contributed by atoms with van der Waals surface area (Å²) in [7, 11) is 0. The van der Waals surface area contributed by atoms with E-state index < -0.39 is 0 Å². The van der Waals surface area contributed by atoms with Gasteiger partial charge in [-0.25, -0.2) is 0 Å². The molecule has 0 saturated heterocycles. The smallest absolute Gasteiger partial charge is 0.0924 e. The maximum absolute atomic E-state index is 4.13. The van der Waals surface area contributed by atoms with E-state index in [0.717, 1.165) is 24.6 Å². The molecule has 1 rings (SSSR count). The first-order valence-electron chi connectivity index (χ1n) is 5.28. The lowest BCUT2D eigenvalue weighted by molar-refractivity contribution is 0.402. The van der Waals surface area contributed by atoms with Gasteiger partial charge in [0.05, 0.1) is 11.7 Å². The van der Waals surface area contributed by atoms with Crippen LogP contribution in [0.15, 0.2) is 5.38 Å². The molecule has 80 valence electrons. The highest BCUT2D eigenvalue weighted by molar-refractivity contribution is 7.03. The van der Waals surface area contributed by atoms with Gasteiger partial charge in [-0.2, -0.15) is 0 Å². The van der Waals surface area contributed by atoms with Crippen LogP contribution in [0.5, 0.6) is 0 Å². The van der Waals surface area contributed by atoms with Crippen molar-refractivity contribution >= 4 is 11.5 Å². The Morgan fingerprint density at radius 1 is 1.50 bits per heavy atom. The molecule has 1 aromatic rings. The van der Waals surface area contributed by atoms with E-state index in [1.54, 1.807) is 0 Å². The molecule has 0 bridgehead atoms. The molecule has 0 aliphatic rings. The number of nitrogens with one attached hydrogen (secondary N) is 1. The van der Waals surface area contributed by atoms with Crippen LogP contribution < -0.4 is 5.32 Å². The molecule has 1 N–H and O–H groups in total. The average Bonchev–Trinajstić information content (AvgIpc) is 2.69. The van der Waals surface area contributed by atoms with Crippen LogP contribution in [-0.4, -0.2) is 16.1 Å². The largest absolute Gasteiger partial charge is 0.309 e. The van der Waals surface area contributed by atoms with Gasteiger partial charge in [-0.15, -0.1) is 5.10 Å². The molecule has 0 aliphatic carbocycles. The zero-order chi connectivity index (χ0) is 10.4. The summed E-state index contributed by atoms with van der Waals surface area (Å²) in [5.41, 5.74) is 1.09. The highest BCUT2D eigenvalue weighted by Gasteiger charge is 2.15. The van der Waals surface area contributed by atoms with Crippen LogP contribution in [0.3, 0.4) is 0 Å². The zero-order valence-corrected chi connectivity index (χ0v) is 9.97. The maximum Gasteiger partial charge on any atom is 0.0924 e. The van der Waals surface area contributed by atoms with Crippen LogP contribution in [0.4, 0.5) is 0 Å². The van der Waals surface area contributed by atoms with E-state index in [2.05, 4.69) is 35.7 Å². The van der Waals surface area contributed by atoms with E-state index in [1.807, 2.05) is 5.38 Å². The van der Waals surface area contributed by atoms with Crippen molar-refractivity contribution in [3.63, 3.8) is 0 Å². The Hall–Kier alpha value is -0.480. The standard InChI is InChI=1S/C10H19N3S/c1-4-8(3)6-9(11-5-2)10-7-14-13-12-10/h7-9,11H,4-6H2,1-3H3. The van der Waals surface area contributed by atoms with Crippen molar-refractivity contribution in [1.82, 2.24) is 14.9 Å². The van der Waals surface area contributed by atoms with Crippen molar-refractivity contribution in [2.45, 2.75) is 39.7 Å². The zero-order valence-electron chi connectivity index (χ0n) is 9.16. The molecule has 0 aliphatic heterocycles. The summed E-state index contributed by atoms with van der Waals surface area (Å²) in [5, 5.41) is 9.62. The minimum absolute atomic E-state index is 0.383. The Bertz CT molecular complexity index is 236. The number of hydrogen-bond donors (Lipinski definition) is 1. The van der Waals surface area contributed by atoms with Crippen molar-refractivity contribution in [1.29, 1.82) is 0 Å². The Kier molecular flexibility index (Phi) is 5.04. The molecule has 2 atom stereocenters. The van der Waals surface area contributed by atoms with Gasteiger partial charge < -0.3 is 5.32 Å². The van der Waals surface area contributed by atoms with Crippen LogP contribution in [0.2, 0.25) is 0 Å². The predicted molar refractivity (Wildman–Crippen MR) is 60.4 cm³/mol. The average molecular weight is 213 g/mol. The van der Waals surface area contributed by atoms with Gasteiger partial charge in [0.1, 0.15) is 0 Å². The Balaban J connectivity index is 2.55. The summed E-state index contributed by atoms with van der Waals surface area (Å²) in [6.45, 7) is 7.62. The van der Waals surface area contributed by atoms with E-state index in [4.69, 9.17) is 0 Å². The molecule has 14 heavy (non-hydrogen) atoms. The second-order valence-electron chi connectivity index (χ2n) is 3.69. The fraction of sp³-hybridized carbons (Fsp3) is 0.800. The van der Waals surface area contributed by atoms with Gasteiger partial charge in [0.15, 0.2) is 0 Å². The van der Waals surface area contributed by atoms with Gasteiger partial charge >= 0.3 is 0 Å². The highest BCUT2D eigenvalue weighted by Crippen LogP contribution is 2.21. The monoisotopic (exact) mass is 213 g/mol. The molecule has 3 nitrogen and oxygen atoms in total. The van der Waals surface area contributed by atoms with Gasteiger partial charge in [0.2, 0.25) is 0 Å². The summed E-state index contributed by atoms with van der Waals surface area (Å²) >= 11 is 1.43. The number of hydrogen-bond acceptors (Lipinski definition) is 4. The van der Waals surface area contributed by atoms with Crippen molar-refractivity contribution in [3.8, 4) is 0 Å². The number of rotatable bonds is 6. The van der Waals surface area contributed by atoms with Crippen LogP contribution in [0, 0.1) is 5.92 Å². The first kappa shape index (κ1) is 11.6. The lowest BCUT2D eigenvalue weighted by atomic mass is 9.98. The third-order valence-corrected chi connectivity index (χ3v) is 3.04. The van der Waals surface area contributed by atoms with Gasteiger partial charge in [-0.1, -0.05) is 31.7 Å². The van der Waals surface area contributed by atoms with Crippen LogP contribution in [-0.2, 0) is 0 Å². The van der Waals surface area contributed by atoms with E-state index in [1.165, 1.54) is 18.0 Å². The molecular weight excluding hydrogens is 194 g/mol. The topological polar surface area (TPSA) is 37.8 Å². The van der Waals surface area contributed by atoms with E-state index >= 15 is 0 Å². The molecule has 1 heterocycles. The third-order valence-electron chi connectivity index (χ3n) is 2.52. The fourth-order valence-electron chi connectivity index (χ4n) is 1.45. The third kappa shape index (κ3) is 3.35. The summed E-state index contributed by atoms with van der Waals surface area (Å²) in [6, 6.07) is 0.383. The van der Waals surface area contributed by atoms with Crippen molar-refractivity contribution in [2.24, 2.45) is 5.92 Å².